The van der Waals surface area contributed by atoms with Crippen LogP contribution in [-0.4, -0.2) is 47.8 Å². The summed E-state index contributed by atoms with van der Waals surface area (Å²) in [7, 11) is 0. The molecule has 4 atom stereocenters. The maximum absolute atomic E-state index is 9.68. The summed E-state index contributed by atoms with van der Waals surface area (Å²) in [5, 5.41) is 25.1. The van der Waals surface area contributed by atoms with E-state index in [0.29, 0.717) is 23.9 Å². The first-order valence-electron chi connectivity index (χ1n) is 6.66. The lowest BCUT2D eigenvalue weighted by Crippen LogP contribution is -2.45. The van der Waals surface area contributed by atoms with Gasteiger partial charge in [0.2, 0.25) is 0 Å². The molecule has 0 radical (unpaired) electrons. The van der Waals surface area contributed by atoms with Crippen LogP contribution in [0, 0.1) is 11.3 Å². The number of nitrogens with one attached hydrogen (secondary N) is 2. The van der Waals surface area contributed by atoms with Crippen LogP contribution in [0.15, 0.2) is 24.3 Å². The summed E-state index contributed by atoms with van der Waals surface area (Å²) in [6, 6.07) is 9.00. The van der Waals surface area contributed by atoms with E-state index in [-0.39, 0.29) is 18.2 Å². The third kappa shape index (κ3) is 2.99. The molecular formula is C14H15N3O3S. The Hall–Kier alpha value is -1.72. The first kappa shape index (κ1) is 14.2. The minimum absolute atomic E-state index is 0.0782. The first-order chi connectivity index (χ1) is 10.2. The van der Waals surface area contributed by atoms with Crippen LogP contribution in [0.1, 0.15) is 5.56 Å². The molecule has 6 nitrogen and oxygen atoms in total. The number of fused-ring (bicyclic) bond motifs is 1. The molecule has 3 N–H and O–H groups in total. The lowest BCUT2D eigenvalue weighted by Gasteiger charge is -2.19. The Morgan fingerprint density at radius 1 is 1.24 bits per heavy atom. The van der Waals surface area contributed by atoms with Crippen LogP contribution in [0.25, 0.3) is 0 Å². The molecule has 1 aromatic rings. The molecule has 2 saturated heterocycles. The fraction of sp³-hybridized carbons (Fsp3) is 0.429. The molecule has 0 aliphatic carbocycles. The highest BCUT2D eigenvalue weighted by atomic mass is 32.1. The van der Waals surface area contributed by atoms with E-state index in [9.17, 15) is 5.11 Å². The second-order valence-electron chi connectivity index (χ2n) is 5.06. The van der Waals surface area contributed by atoms with Crippen molar-refractivity contribution in [3.8, 4) is 6.07 Å². The Labute approximate surface area is 127 Å². The Morgan fingerprint density at radius 3 is 2.67 bits per heavy atom. The van der Waals surface area contributed by atoms with E-state index in [4.69, 9.17) is 27.0 Å². The molecule has 0 aromatic heterocycles. The van der Waals surface area contributed by atoms with Crippen LogP contribution in [0.5, 0.6) is 0 Å². The summed E-state index contributed by atoms with van der Waals surface area (Å²) in [5.41, 5.74) is 1.40. The normalized spacial score (nSPS) is 30.5. The van der Waals surface area contributed by atoms with Gasteiger partial charge in [0.15, 0.2) is 5.11 Å². The van der Waals surface area contributed by atoms with Gasteiger partial charge in [-0.15, -0.1) is 0 Å². The van der Waals surface area contributed by atoms with Crippen molar-refractivity contribution in [1.29, 1.82) is 5.26 Å². The van der Waals surface area contributed by atoms with E-state index >= 15 is 0 Å². The predicted molar refractivity (Wildman–Crippen MR) is 79.8 cm³/mol. The molecule has 0 unspecified atom stereocenters. The van der Waals surface area contributed by atoms with Crippen molar-refractivity contribution in [2.75, 3.05) is 18.5 Å². The van der Waals surface area contributed by atoms with Crippen molar-refractivity contribution in [3.05, 3.63) is 29.8 Å². The summed E-state index contributed by atoms with van der Waals surface area (Å²) in [6.45, 7) is 0.741. The maximum atomic E-state index is 9.68. The Balaban J connectivity index is 1.56. The summed E-state index contributed by atoms with van der Waals surface area (Å²) >= 11 is 5.26. The van der Waals surface area contributed by atoms with Crippen molar-refractivity contribution in [2.24, 2.45) is 0 Å². The lowest BCUT2D eigenvalue weighted by molar-refractivity contribution is 0.0180. The van der Waals surface area contributed by atoms with Crippen LogP contribution in [0.3, 0.4) is 0 Å². The third-order valence-electron chi connectivity index (χ3n) is 3.62. The monoisotopic (exact) mass is 305 g/mol. The molecule has 7 heteroatoms. The van der Waals surface area contributed by atoms with Gasteiger partial charge in [-0.1, -0.05) is 0 Å². The van der Waals surface area contributed by atoms with Crippen LogP contribution >= 0.6 is 12.2 Å². The van der Waals surface area contributed by atoms with Gasteiger partial charge in [-0.05, 0) is 36.5 Å². The number of hydrogen-bond donors (Lipinski definition) is 3. The number of nitriles is 1. The molecule has 0 saturated carbocycles. The van der Waals surface area contributed by atoms with Crippen LogP contribution in [-0.2, 0) is 9.47 Å². The van der Waals surface area contributed by atoms with E-state index in [2.05, 4.69) is 16.7 Å². The van der Waals surface area contributed by atoms with Gasteiger partial charge < -0.3 is 25.2 Å². The van der Waals surface area contributed by atoms with Gasteiger partial charge in [0.1, 0.15) is 18.3 Å². The van der Waals surface area contributed by atoms with E-state index < -0.39 is 6.10 Å². The van der Waals surface area contributed by atoms with E-state index in [1.807, 2.05) is 0 Å². The molecule has 2 aliphatic rings. The maximum Gasteiger partial charge on any atom is 0.171 e. The van der Waals surface area contributed by atoms with Crippen molar-refractivity contribution in [2.45, 2.75) is 24.4 Å². The van der Waals surface area contributed by atoms with Gasteiger partial charge in [0.05, 0.1) is 30.9 Å². The largest absolute Gasteiger partial charge is 0.388 e. The predicted octanol–water partition coefficient (Wildman–Crippen LogP) is 0.372. The molecule has 0 bridgehead atoms. The van der Waals surface area contributed by atoms with Crippen LogP contribution < -0.4 is 10.6 Å². The molecule has 21 heavy (non-hydrogen) atoms. The number of rotatable bonds is 2. The number of anilines is 1. The molecule has 0 spiro atoms. The number of aliphatic hydroxyl groups excluding tert-OH is 1. The zero-order valence-electron chi connectivity index (χ0n) is 11.2. The SMILES string of the molecule is N#Cc1ccc(NC(=S)N[C@@H]2CO[C@@H]3[C@@H]2OC[C@H]3O)cc1. The second kappa shape index (κ2) is 5.95. The number of aliphatic hydroxyl groups is 1. The molecule has 110 valence electrons. The molecule has 2 aliphatic heterocycles. The molecule has 2 fully saturated rings. The second-order valence-corrected chi connectivity index (χ2v) is 5.47. The molecule has 3 rings (SSSR count). The molecule has 0 amide bonds. The highest BCUT2D eigenvalue weighted by Gasteiger charge is 2.47. The van der Waals surface area contributed by atoms with Crippen LogP contribution in [0.4, 0.5) is 5.69 Å². The Bertz CT molecular complexity index is 572. The molecular weight excluding hydrogens is 290 g/mol. The summed E-state index contributed by atoms with van der Waals surface area (Å²) in [4.78, 5) is 0. The first-order valence-corrected chi connectivity index (χ1v) is 7.07. The standard InChI is InChI=1S/C14H15N3O3S/c15-5-8-1-3-9(4-2-8)16-14(21)17-10-6-19-13-11(18)7-20-12(10)13/h1-4,10-13,18H,6-7H2,(H2,16,17,21)/t10-,11-,12-,13+/m1/s1. The van der Waals surface area contributed by atoms with Crippen molar-refractivity contribution >= 4 is 23.0 Å². The smallest absolute Gasteiger partial charge is 0.171 e. The van der Waals surface area contributed by atoms with Gasteiger partial charge in [-0.2, -0.15) is 5.26 Å². The van der Waals surface area contributed by atoms with Crippen molar-refractivity contribution in [1.82, 2.24) is 5.32 Å². The molecule has 2 heterocycles. The van der Waals surface area contributed by atoms with E-state index in [1.165, 1.54) is 0 Å². The van der Waals surface area contributed by atoms with Gasteiger partial charge >= 0.3 is 0 Å². The minimum Gasteiger partial charge on any atom is -0.388 e. The zero-order valence-corrected chi connectivity index (χ0v) is 12.0. The zero-order chi connectivity index (χ0) is 14.8. The van der Waals surface area contributed by atoms with Gasteiger partial charge in [0, 0.05) is 5.69 Å². The summed E-state index contributed by atoms with van der Waals surface area (Å²) in [5.74, 6) is 0. The average Bonchev–Trinajstić information content (AvgIpc) is 3.04. The van der Waals surface area contributed by atoms with Crippen LogP contribution in [0.2, 0.25) is 0 Å². The highest BCUT2D eigenvalue weighted by molar-refractivity contribution is 7.80. The Morgan fingerprint density at radius 2 is 1.95 bits per heavy atom. The fourth-order valence-electron chi connectivity index (χ4n) is 2.57. The fourth-order valence-corrected chi connectivity index (χ4v) is 2.84. The van der Waals surface area contributed by atoms with Gasteiger partial charge in [-0.3, -0.25) is 0 Å². The quantitative estimate of drug-likeness (QED) is 0.681. The number of thiocarbonyl (C=S) groups is 1. The summed E-state index contributed by atoms with van der Waals surface area (Å²) in [6.07, 6.45) is -1.03. The average molecular weight is 305 g/mol. The third-order valence-corrected chi connectivity index (χ3v) is 3.84. The highest BCUT2D eigenvalue weighted by Crippen LogP contribution is 2.26. The van der Waals surface area contributed by atoms with E-state index in [0.717, 1.165) is 5.69 Å². The number of nitrogens with zero attached hydrogens (tertiary/aromatic N) is 1. The van der Waals surface area contributed by atoms with Crippen molar-refractivity contribution < 1.29 is 14.6 Å². The molecule has 1 aromatic carbocycles. The van der Waals surface area contributed by atoms with Gasteiger partial charge in [0.25, 0.3) is 0 Å². The number of benzene rings is 1. The van der Waals surface area contributed by atoms with Gasteiger partial charge in [-0.25, -0.2) is 0 Å². The topological polar surface area (TPSA) is 86.5 Å². The Kier molecular flexibility index (Phi) is 4.03. The van der Waals surface area contributed by atoms with Crippen molar-refractivity contribution in [3.63, 3.8) is 0 Å². The summed E-state index contributed by atoms with van der Waals surface area (Å²) < 4.78 is 11.0. The number of hydrogen-bond acceptors (Lipinski definition) is 5. The lowest BCUT2D eigenvalue weighted by atomic mass is 10.1. The number of ether oxygens (including phenoxy) is 2. The minimum atomic E-state index is -0.568. The van der Waals surface area contributed by atoms with E-state index in [1.54, 1.807) is 24.3 Å².